The zero-order valence-corrected chi connectivity index (χ0v) is 11.9. The summed E-state index contributed by atoms with van der Waals surface area (Å²) in [5.74, 6) is -0.415. The molecule has 0 aliphatic rings. The number of benzene rings is 2. The molecule has 5 heteroatoms. The van der Waals surface area contributed by atoms with Crippen molar-refractivity contribution in [2.75, 3.05) is 5.73 Å². The summed E-state index contributed by atoms with van der Waals surface area (Å²) >= 11 is 7.39. The highest BCUT2D eigenvalue weighted by atomic mass is 35.5. The highest BCUT2D eigenvalue weighted by Crippen LogP contribution is 2.30. The van der Waals surface area contributed by atoms with Crippen LogP contribution in [0, 0.1) is 5.82 Å². The van der Waals surface area contributed by atoms with E-state index >= 15 is 0 Å². The predicted octanol–water partition coefficient (Wildman–Crippen LogP) is 4.85. The lowest BCUT2D eigenvalue weighted by atomic mass is 10.1. The van der Waals surface area contributed by atoms with Crippen LogP contribution >= 0.6 is 22.9 Å². The number of aromatic nitrogens is 1. The second-order valence-electron chi connectivity index (χ2n) is 4.28. The topological polar surface area (TPSA) is 38.9 Å². The standard InChI is InChI=1S/C15H10ClFN2S/c16-11-4-1-9(2-5-11)15-19-14(8-20-15)10-3-6-12(17)13(18)7-10/h1-8H,18H2. The molecule has 0 amide bonds. The van der Waals surface area contributed by atoms with E-state index < -0.39 is 5.82 Å². The van der Waals surface area contributed by atoms with Gasteiger partial charge in [-0.2, -0.15) is 0 Å². The first-order valence-electron chi connectivity index (χ1n) is 5.90. The molecule has 0 saturated heterocycles. The molecular formula is C15H10ClFN2S. The number of hydrogen-bond acceptors (Lipinski definition) is 3. The average Bonchev–Trinajstić information content (AvgIpc) is 2.92. The van der Waals surface area contributed by atoms with Gasteiger partial charge in [-0.15, -0.1) is 11.3 Å². The van der Waals surface area contributed by atoms with E-state index in [1.165, 1.54) is 17.4 Å². The van der Waals surface area contributed by atoms with E-state index in [2.05, 4.69) is 4.98 Å². The molecule has 0 radical (unpaired) electrons. The van der Waals surface area contributed by atoms with Crippen molar-refractivity contribution in [3.05, 3.63) is 58.7 Å². The molecule has 2 aromatic carbocycles. The quantitative estimate of drug-likeness (QED) is 0.687. The fourth-order valence-electron chi connectivity index (χ4n) is 1.83. The minimum absolute atomic E-state index is 0.128. The molecule has 3 rings (SSSR count). The van der Waals surface area contributed by atoms with Gasteiger partial charge in [0.15, 0.2) is 0 Å². The summed E-state index contributed by atoms with van der Waals surface area (Å²) in [6.07, 6.45) is 0. The lowest BCUT2D eigenvalue weighted by Crippen LogP contribution is -1.90. The van der Waals surface area contributed by atoms with E-state index in [0.29, 0.717) is 5.02 Å². The molecule has 0 saturated carbocycles. The van der Waals surface area contributed by atoms with Crippen LogP contribution < -0.4 is 5.73 Å². The fourth-order valence-corrected chi connectivity index (χ4v) is 2.80. The molecular weight excluding hydrogens is 295 g/mol. The molecule has 2 N–H and O–H groups in total. The second-order valence-corrected chi connectivity index (χ2v) is 5.58. The highest BCUT2D eigenvalue weighted by Gasteiger charge is 2.08. The molecule has 3 aromatic rings. The van der Waals surface area contributed by atoms with E-state index in [-0.39, 0.29) is 5.69 Å². The number of halogens is 2. The van der Waals surface area contributed by atoms with Crippen molar-refractivity contribution < 1.29 is 4.39 Å². The molecule has 20 heavy (non-hydrogen) atoms. The van der Waals surface area contributed by atoms with Crippen molar-refractivity contribution in [3.8, 4) is 21.8 Å². The zero-order valence-electron chi connectivity index (χ0n) is 10.3. The Hall–Kier alpha value is -1.91. The minimum Gasteiger partial charge on any atom is -0.396 e. The first kappa shape index (κ1) is 13.1. The molecule has 2 nitrogen and oxygen atoms in total. The molecule has 1 heterocycles. The maximum atomic E-state index is 13.2. The van der Waals surface area contributed by atoms with E-state index in [4.69, 9.17) is 17.3 Å². The third-order valence-corrected chi connectivity index (χ3v) is 4.03. The molecule has 100 valence electrons. The van der Waals surface area contributed by atoms with Gasteiger partial charge >= 0.3 is 0 Å². The number of hydrogen-bond donors (Lipinski definition) is 1. The van der Waals surface area contributed by atoms with Crippen LogP contribution in [0.4, 0.5) is 10.1 Å². The SMILES string of the molecule is Nc1cc(-c2csc(-c3ccc(Cl)cc3)n2)ccc1F. The third kappa shape index (κ3) is 2.53. The summed E-state index contributed by atoms with van der Waals surface area (Å²) in [6.45, 7) is 0. The van der Waals surface area contributed by atoms with Gasteiger partial charge in [0.1, 0.15) is 10.8 Å². The van der Waals surface area contributed by atoms with Crippen LogP contribution in [0.1, 0.15) is 0 Å². The van der Waals surface area contributed by atoms with Crippen LogP contribution in [-0.2, 0) is 0 Å². The Labute approximate surface area is 124 Å². The number of nitrogen functional groups attached to an aromatic ring is 1. The smallest absolute Gasteiger partial charge is 0.146 e. The zero-order chi connectivity index (χ0) is 14.1. The largest absolute Gasteiger partial charge is 0.396 e. The highest BCUT2D eigenvalue weighted by molar-refractivity contribution is 7.13. The lowest BCUT2D eigenvalue weighted by Gasteiger charge is -2.00. The van der Waals surface area contributed by atoms with Gasteiger partial charge in [-0.3, -0.25) is 0 Å². The summed E-state index contributed by atoms with van der Waals surface area (Å²) in [4.78, 5) is 4.55. The van der Waals surface area contributed by atoms with Crippen molar-refractivity contribution in [2.45, 2.75) is 0 Å². The Kier molecular flexibility index (Phi) is 3.42. The molecule has 0 unspecified atom stereocenters. The van der Waals surface area contributed by atoms with Crippen molar-refractivity contribution in [1.29, 1.82) is 0 Å². The van der Waals surface area contributed by atoms with E-state index in [1.807, 2.05) is 29.6 Å². The van der Waals surface area contributed by atoms with Crippen molar-refractivity contribution >= 4 is 28.6 Å². The van der Waals surface area contributed by atoms with Crippen LogP contribution in [0.5, 0.6) is 0 Å². The molecule has 0 fully saturated rings. The number of thiazole rings is 1. The normalized spacial score (nSPS) is 10.7. The summed E-state index contributed by atoms with van der Waals surface area (Å²) in [5, 5.41) is 3.51. The van der Waals surface area contributed by atoms with Crippen molar-refractivity contribution in [1.82, 2.24) is 4.98 Å². The third-order valence-electron chi connectivity index (χ3n) is 2.89. The predicted molar refractivity (Wildman–Crippen MR) is 82.4 cm³/mol. The Balaban J connectivity index is 1.97. The van der Waals surface area contributed by atoms with Crippen LogP contribution in [0.3, 0.4) is 0 Å². The van der Waals surface area contributed by atoms with Gasteiger partial charge in [0.05, 0.1) is 11.4 Å². The number of nitrogens with zero attached hydrogens (tertiary/aromatic N) is 1. The summed E-state index contributed by atoms with van der Waals surface area (Å²) < 4.78 is 13.2. The first-order chi connectivity index (χ1) is 9.63. The molecule has 0 bridgehead atoms. The number of anilines is 1. The first-order valence-corrected chi connectivity index (χ1v) is 7.16. The maximum Gasteiger partial charge on any atom is 0.146 e. The second kappa shape index (κ2) is 5.23. The minimum atomic E-state index is -0.415. The number of nitrogens with two attached hydrogens (primary N) is 1. The van der Waals surface area contributed by atoms with E-state index in [0.717, 1.165) is 21.8 Å². The molecule has 1 aromatic heterocycles. The lowest BCUT2D eigenvalue weighted by molar-refractivity contribution is 0.632. The van der Waals surface area contributed by atoms with E-state index in [1.54, 1.807) is 12.1 Å². The fraction of sp³-hybridized carbons (Fsp3) is 0. The Morgan fingerprint density at radius 3 is 2.45 bits per heavy atom. The van der Waals surface area contributed by atoms with Crippen molar-refractivity contribution in [2.24, 2.45) is 0 Å². The Morgan fingerprint density at radius 2 is 1.75 bits per heavy atom. The van der Waals surface area contributed by atoms with Gasteiger partial charge in [-0.05, 0) is 30.3 Å². The monoisotopic (exact) mass is 304 g/mol. The van der Waals surface area contributed by atoms with Crippen LogP contribution in [-0.4, -0.2) is 4.98 Å². The average molecular weight is 305 g/mol. The Bertz CT molecular complexity index is 753. The summed E-state index contributed by atoms with van der Waals surface area (Å²) in [6, 6.07) is 12.1. The van der Waals surface area contributed by atoms with Crippen molar-refractivity contribution in [3.63, 3.8) is 0 Å². The van der Waals surface area contributed by atoms with Gasteiger partial charge in [0.25, 0.3) is 0 Å². The molecule has 0 aliphatic carbocycles. The van der Waals surface area contributed by atoms with Gasteiger partial charge in [-0.25, -0.2) is 9.37 Å². The van der Waals surface area contributed by atoms with Gasteiger partial charge in [0, 0.05) is 21.5 Å². The summed E-state index contributed by atoms with van der Waals surface area (Å²) in [7, 11) is 0. The van der Waals surface area contributed by atoms with Crippen LogP contribution in [0.25, 0.3) is 21.8 Å². The van der Waals surface area contributed by atoms with Gasteiger partial charge in [-0.1, -0.05) is 23.7 Å². The molecule has 0 atom stereocenters. The number of rotatable bonds is 2. The summed E-state index contributed by atoms with van der Waals surface area (Å²) in [5.41, 5.74) is 8.30. The maximum absolute atomic E-state index is 13.2. The van der Waals surface area contributed by atoms with Crippen LogP contribution in [0.15, 0.2) is 47.8 Å². The van der Waals surface area contributed by atoms with Crippen LogP contribution in [0.2, 0.25) is 5.02 Å². The van der Waals surface area contributed by atoms with E-state index in [9.17, 15) is 4.39 Å². The Morgan fingerprint density at radius 1 is 1.05 bits per heavy atom. The molecule has 0 spiro atoms. The molecule has 0 aliphatic heterocycles. The van der Waals surface area contributed by atoms with Gasteiger partial charge < -0.3 is 5.73 Å². The van der Waals surface area contributed by atoms with Gasteiger partial charge in [0.2, 0.25) is 0 Å².